The van der Waals surface area contributed by atoms with Gasteiger partial charge in [-0.05, 0) is 134 Å². The standard InChI is InChI=1S/C103H76N4OSi3/c1-76-69-102(104-74-96(76)77-37-12-2-13-38-77)107-97-63-33-32-61-94(97)95-67-65-81(72-99(95)107)108-80-41-35-40-79(71-80)105-75-106(98-68-66-92(73-100(98)105)110(85-48-20-6-21-49-85,86-50-22-7-23-51-86)87-52-24-8-25-53-87)103-93(62-36-64-101(103)111(88-54-26-9-27-55-88,89-56-28-10-29-57-89)90-58-30-11-31-59-90)78-39-34-60-91(70-78)109(82-42-14-3-15-43-82,83-44-16-4-17-45-83)84-46-18-5-19-47-84/h2-74H,1H3/i1D3,2D,3D,4D,5D,6D,7D,8D,9D,10D,11D,12D,13D,14D,15D,16D,17D,18D,19D,20D,21D,22D,23D,24D,25D,26D,27D,28D,29D,30D,31D,34D,37D,38D,39D,42D,43D,44D,45D,46D,47D,48D,49D,50D,51D,52D,53D,54D,55D,56D,57D,58D,59D,60D,70D. The van der Waals surface area contributed by atoms with Crippen LogP contribution in [-0.4, -0.2) is 38.3 Å². The second kappa shape index (κ2) is 29.2. The molecule has 0 radical (unpaired) electrons. The fraction of sp³-hybridized carbons (Fsp3) is 0.00971. The van der Waals surface area contributed by atoms with Crippen molar-refractivity contribution in [3.63, 3.8) is 0 Å². The highest BCUT2D eigenvalue weighted by molar-refractivity contribution is 7.21. The van der Waals surface area contributed by atoms with Gasteiger partial charge in [-0.25, -0.2) is 4.98 Å². The third-order valence-electron chi connectivity index (χ3n) is 18.7. The summed E-state index contributed by atoms with van der Waals surface area (Å²) in [5, 5.41) is -14.4. The van der Waals surface area contributed by atoms with Gasteiger partial charge in [0, 0.05) is 32.7 Å². The molecule has 0 amide bonds. The molecule has 3 heterocycles. The average Bonchev–Trinajstić information content (AvgIpc) is 0.752. The van der Waals surface area contributed by atoms with Crippen LogP contribution in [-0.2, 0) is 0 Å². The van der Waals surface area contributed by atoms with Crippen LogP contribution in [0.1, 0.15) is 83.7 Å². The zero-order chi connectivity index (χ0) is 124. The Morgan fingerprint density at radius 2 is 0.802 bits per heavy atom. The normalized spacial score (nSPS) is 19.2. The topological polar surface area (TPSA) is 35.9 Å². The van der Waals surface area contributed by atoms with Gasteiger partial charge in [0.1, 0.15) is 17.3 Å². The highest BCUT2D eigenvalue weighted by Crippen LogP contribution is 2.37. The van der Waals surface area contributed by atoms with Crippen molar-refractivity contribution in [1.82, 2.24) is 14.1 Å². The summed E-state index contributed by atoms with van der Waals surface area (Å²) in [6.07, 6.45) is 4.15. The van der Waals surface area contributed by atoms with Crippen molar-refractivity contribution in [2.45, 2.75) is 6.85 Å². The van der Waals surface area contributed by atoms with E-state index >= 15 is 0 Å². The predicted molar refractivity (Wildman–Crippen MR) is 469 cm³/mol. The smallest absolute Gasteiger partial charge is 0.269 e. The van der Waals surface area contributed by atoms with Crippen LogP contribution in [0.15, 0.2) is 442 Å². The largest absolute Gasteiger partial charge is 0.458 e. The molecule has 0 fully saturated rings. The van der Waals surface area contributed by atoms with Crippen molar-refractivity contribution in [3.8, 4) is 50.9 Å². The molecule has 0 aliphatic heterocycles. The lowest BCUT2D eigenvalue weighted by atomic mass is 10.0. The number of hydrogen-bond donors (Lipinski definition) is 0. The number of imidazole rings is 1. The molecule has 0 spiro atoms. The molecular formula is C103H76N4OSi3. The first-order valence-corrected chi connectivity index (χ1v) is 39.4. The van der Waals surface area contributed by atoms with Gasteiger partial charge in [0.25, 0.3) is 6.33 Å². The lowest BCUT2D eigenvalue weighted by Crippen LogP contribution is -2.76. The van der Waals surface area contributed by atoms with Crippen molar-refractivity contribution < 1.29 is 87.4 Å². The minimum absolute atomic E-state index is 0.154. The third-order valence-corrected chi connectivity index (χ3v) is 31.1. The van der Waals surface area contributed by atoms with Crippen LogP contribution in [0.2, 0.25) is 0 Å². The maximum atomic E-state index is 11.7. The molecule has 0 aliphatic carbocycles. The Balaban J connectivity index is 1.08. The fourth-order valence-electron chi connectivity index (χ4n) is 14.2. The van der Waals surface area contributed by atoms with Crippen molar-refractivity contribution >= 4 is 119 Å². The van der Waals surface area contributed by atoms with E-state index in [2.05, 4.69) is 11.3 Å². The summed E-state index contributed by atoms with van der Waals surface area (Å²) in [5.74, 6) is -0.641. The number of rotatable bonds is 19. The van der Waals surface area contributed by atoms with E-state index in [1.54, 1.807) is 30.3 Å². The summed E-state index contributed by atoms with van der Waals surface area (Å²) >= 11 is 0. The number of hydrogen-bond acceptors (Lipinski definition) is 2. The monoisotopic (exact) mass is 1530 g/mol. The van der Waals surface area contributed by atoms with Gasteiger partial charge >= 0.3 is 0 Å². The summed E-state index contributed by atoms with van der Waals surface area (Å²) in [4.78, 5) is 4.69. The number of nitrogens with zero attached hydrogens (tertiary/aromatic N) is 4. The second-order valence-electron chi connectivity index (χ2n) is 24.4. The molecule has 3 aromatic heterocycles. The molecule has 19 rings (SSSR count). The first-order chi connectivity index (χ1) is 78.6. The van der Waals surface area contributed by atoms with Crippen LogP contribution in [0.4, 0.5) is 0 Å². The quantitative estimate of drug-likeness (QED) is 0.0350. The van der Waals surface area contributed by atoms with Crippen molar-refractivity contribution in [2.75, 3.05) is 0 Å². The number of ether oxygens (including phenoxy) is 1. The summed E-state index contributed by atoms with van der Waals surface area (Å²) < 4.78 is 566. The van der Waals surface area contributed by atoms with Gasteiger partial charge in [-0.1, -0.05) is 387 Å². The third kappa shape index (κ3) is 11.7. The Labute approximate surface area is 731 Å². The molecule has 16 aromatic carbocycles. The molecular weight excluding hydrogens is 1390 g/mol. The Morgan fingerprint density at radius 3 is 1.32 bits per heavy atom. The molecule has 5 nitrogen and oxygen atoms in total. The molecule has 8 heteroatoms. The summed E-state index contributed by atoms with van der Waals surface area (Å²) in [5.41, 5.74) is -6.58. The number of pyridine rings is 1. The van der Waals surface area contributed by atoms with E-state index in [0.717, 1.165) is 57.8 Å². The van der Waals surface area contributed by atoms with Crippen LogP contribution < -0.4 is 71.5 Å². The molecule has 111 heavy (non-hydrogen) atoms. The van der Waals surface area contributed by atoms with E-state index in [1.807, 2.05) is 0 Å². The highest BCUT2D eigenvalue weighted by atomic mass is 28.3. The van der Waals surface area contributed by atoms with Gasteiger partial charge in [0.15, 0.2) is 24.2 Å². The maximum Gasteiger partial charge on any atom is 0.269 e. The van der Waals surface area contributed by atoms with Crippen LogP contribution in [0, 0.1) is 13.2 Å². The zero-order valence-corrected chi connectivity index (χ0v) is 59.7. The van der Waals surface area contributed by atoms with E-state index in [9.17, 15) is 58.9 Å². The van der Waals surface area contributed by atoms with E-state index in [1.165, 1.54) is 41.0 Å². The summed E-state index contributed by atoms with van der Waals surface area (Å²) in [6, 6.07) is -50.8. The van der Waals surface area contributed by atoms with E-state index < -0.39 is 464 Å². The average molecular weight is 1530 g/mol. The molecule has 0 unspecified atom stereocenters. The lowest BCUT2D eigenvalue weighted by Gasteiger charge is -2.37. The Kier molecular flexibility index (Phi) is 8.00. The first-order valence-electron chi connectivity index (χ1n) is 61.9. The Bertz CT molecular complexity index is 9410. The van der Waals surface area contributed by atoms with Gasteiger partial charge in [-0.3, -0.25) is 13.7 Å². The molecule has 19 aromatic rings. The van der Waals surface area contributed by atoms with Gasteiger partial charge in [0.05, 0.1) is 107 Å². The van der Waals surface area contributed by atoms with Crippen LogP contribution in [0.5, 0.6) is 11.5 Å². The SMILES string of the molecule is [2H]c1c([2H])c([2H])c(-c2cnc(-n3c4ccccc4c4ccc(Oc5cccc(-n6[c-][n+](-c7c(-c8c([2H])c([2H])c([2H])c([Si](c9c([2H])c([2H])c([2H])c([2H])c9[2H])(c9c([2H])c([2H])c([2H])c([2H])c9[2H])c9c([2H])c([2H])c([2H])c([2H])c9[2H])c8[2H])cccc7[Si](c7c([2H])c([2H])c([2H])c([2H])c7[2H])(c7c([2H])c([2H])c([2H])c([2H])c7[2H])c7c([2H])c([2H])c([2H])c([2H])c7[2H])c7ccc([Si](c8c([2H])c([2H])c([2H])c([2H])c8[2H])(c8c([2H])c([2H])c([2H])c([2H])c8[2H])c8c([2H])c([2H])c([2H])c([2H])c8[2H])cc76)c5)cc43)cc2C([2H])([2H])[2H])c([2H])c1[2H]. The minimum Gasteiger partial charge on any atom is -0.458 e. The van der Waals surface area contributed by atoms with Gasteiger partial charge in [-0.2, -0.15) is 0 Å². The molecule has 0 bridgehead atoms. The number of aromatic nitrogens is 4. The number of aryl methyl sites for hydroxylation is 1. The Morgan fingerprint density at radius 1 is 0.351 bits per heavy atom. The summed E-state index contributed by atoms with van der Waals surface area (Å²) in [7, 11) is -20.9. The number of para-hydroxylation sites is 2. The van der Waals surface area contributed by atoms with Crippen molar-refractivity contribution in [1.29, 1.82) is 0 Å². The van der Waals surface area contributed by atoms with Gasteiger partial charge < -0.3 is 4.74 Å². The van der Waals surface area contributed by atoms with Crippen LogP contribution in [0.3, 0.4) is 0 Å². The first kappa shape index (κ1) is 30.4. The fourth-order valence-corrected chi connectivity index (χ4v) is 25.5. The predicted octanol–water partition coefficient (Wildman–Crippen LogP) is 15.8. The minimum atomic E-state index is -7.17. The van der Waals surface area contributed by atoms with Crippen LogP contribution in [0.25, 0.3) is 72.3 Å². The van der Waals surface area contributed by atoms with Gasteiger partial charge in [-0.15, -0.1) is 0 Å². The lowest BCUT2D eigenvalue weighted by molar-refractivity contribution is -0.570. The highest BCUT2D eigenvalue weighted by Gasteiger charge is 2.46. The van der Waals surface area contributed by atoms with Gasteiger partial charge in [0.2, 0.25) is 0 Å². The van der Waals surface area contributed by atoms with Crippen LogP contribution >= 0.6 is 0 Å². The maximum absolute atomic E-state index is 11.7. The second-order valence-corrected chi connectivity index (χ2v) is 35.0. The molecule has 0 aliphatic rings. The molecule has 0 saturated carbocycles. The number of fused-ring (bicyclic) bond motifs is 4. The van der Waals surface area contributed by atoms with E-state index in [-0.39, 0.29) is 28.4 Å². The van der Waals surface area contributed by atoms with E-state index in [4.69, 9.17) is 23.9 Å². The summed E-state index contributed by atoms with van der Waals surface area (Å²) in [6.45, 7) is -3.14. The number of benzene rings is 16. The van der Waals surface area contributed by atoms with E-state index in [0.29, 0.717) is 16.3 Å². The Hall–Kier alpha value is -13.6. The molecule has 0 N–H and O–H groups in total. The van der Waals surface area contributed by atoms with Crippen molar-refractivity contribution in [3.05, 3.63) is 454 Å². The molecule has 526 valence electrons. The molecule has 0 atom stereocenters. The zero-order valence-electron chi connectivity index (χ0n) is 114. The van der Waals surface area contributed by atoms with Crippen molar-refractivity contribution in [2.24, 2.45) is 0 Å². The molecule has 0 saturated heterocycles.